The Hall–Kier alpha value is -3.52. The second-order valence-corrected chi connectivity index (χ2v) is 8.89. The maximum absolute atomic E-state index is 13.1. The van der Waals surface area contributed by atoms with E-state index in [-0.39, 0.29) is 18.0 Å². The number of benzene rings is 1. The topological polar surface area (TPSA) is 85.7 Å². The minimum absolute atomic E-state index is 0.0317. The first-order chi connectivity index (χ1) is 16.0. The average molecular weight is 465 g/mol. The maximum Gasteiger partial charge on any atom is 0.317 e. The van der Waals surface area contributed by atoms with Gasteiger partial charge in [-0.1, -0.05) is 11.6 Å². The van der Waals surface area contributed by atoms with Crippen molar-refractivity contribution in [3.05, 3.63) is 71.3 Å². The fourth-order valence-electron chi connectivity index (χ4n) is 4.40. The molecule has 4 aromatic rings. The van der Waals surface area contributed by atoms with Crippen molar-refractivity contribution in [3.63, 3.8) is 0 Å². The lowest BCUT2D eigenvalue weighted by Crippen LogP contribution is -2.52. The Morgan fingerprint density at radius 1 is 1.24 bits per heavy atom. The van der Waals surface area contributed by atoms with Gasteiger partial charge in [0.05, 0.1) is 12.6 Å². The Morgan fingerprint density at radius 3 is 3.00 bits per heavy atom. The van der Waals surface area contributed by atoms with Gasteiger partial charge in [0.25, 0.3) is 5.91 Å². The van der Waals surface area contributed by atoms with Gasteiger partial charge in [-0.2, -0.15) is 0 Å². The number of fused-ring (bicyclic) bond motifs is 2. The summed E-state index contributed by atoms with van der Waals surface area (Å²) in [5, 5.41) is 4.66. The number of piperidine rings is 1. The van der Waals surface area contributed by atoms with Gasteiger partial charge in [-0.3, -0.25) is 4.79 Å². The van der Waals surface area contributed by atoms with Crippen LogP contribution in [0, 0.1) is 0 Å². The van der Waals surface area contributed by atoms with Gasteiger partial charge < -0.3 is 24.5 Å². The molecule has 1 aliphatic heterocycles. The van der Waals surface area contributed by atoms with Gasteiger partial charge in [-0.15, -0.1) is 0 Å². The fourth-order valence-corrected chi connectivity index (χ4v) is 4.58. The molecule has 3 amide bonds. The zero-order valence-electron chi connectivity index (χ0n) is 18.3. The number of urea groups is 1. The van der Waals surface area contributed by atoms with E-state index in [2.05, 4.69) is 15.3 Å². The molecule has 0 radical (unpaired) electrons. The number of hydrogen-bond acceptors (Lipinski definition) is 3. The molecule has 3 aromatic heterocycles. The van der Waals surface area contributed by atoms with E-state index in [0.717, 1.165) is 35.1 Å². The molecule has 0 spiro atoms. The van der Waals surface area contributed by atoms with E-state index in [1.54, 1.807) is 24.2 Å². The number of imidazole rings is 1. The number of H-pyrrole nitrogens is 1. The molecule has 0 saturated carbocycles. The number of aromatic nitrogens is 3. The molecule has 33 heavy (non-hydrogen) atoms. The van der Waals surface area contributed by atoms with Gasteiger partial charge in [-0.25, -0.2) is 9.78 Å². The van der Waals surface area contributed by atoms with Gasteiger partial charge in [-0.05, 0) is 49.2 Å². The summed E-state index contributed by atoms with van der Waals surface area (Å²) in [5.41, 5.74) is 3.24. The average Bonchev–Trinajstić information content (AvgIpc) is 3.47. The molecular weight excluding hydrogens is 440 g/mol. The Morgan fingerprint density at radius 2 is 2.12 bits per heavy atom. The van der Waals surface area contributed by atoms with Crippen molar-refractivity contribution in [3.8, 4) is 0 Å². The number of likely N-dealkylation sites (tertiary alicyclic amines) is 1. The molecule has 1 aliphatic rings. The second kappa shape index (κ2) is 8.78. The third kappa shape index (κ3) is 4.39. The van der Waals surface area contributed by atoms with Crippen LogP contribution in [0.3, 0.4) is 0 Å². The quantitative estimate of drug-likeness (QED) is 0.480. The fraction of sp³-hybridized carbons (Fsp3) is 0.292. The van der Waals surface area contributed by atoms with Crippen LogP contribution in [0.5, 0.6) is 0 Å². The number of aromatic amines is 1. The van der Waals surface area contributed by atoms with Crippen molar-refractivity contribution < 1.29 is 9.59 Å². The van der Waals surface area contributed by atoms with Crippen LogP contribution in [-0.4, -0.2) is 62.3 Å². The van der Waals surface area contributed by atoms with Gasteiger partial charge in [0, 0.05) is 65.9 Å². The number of hydrogen-bond donors (Lipinski definition) is 2. The first-order valence-electron chi connectivity index (χ1n) is 11.0. The smallest absolute Gasteiger partial charge is 0.317 e. The lowest BCUT2D eigenvalue weighted by molar-refractivity contribution is 0.0636. The largest absolute Gasteiger partial charge is 0.357 e. The zero-order chi connectivity index (χ0) is 22.9. The molecule has 2 N–H and O–H groups in total. The Labute approximate surface area is 196 Å². The number of nitrogens with one attached hydrogen (secondary N) is 2. The lowest BCUT2D eigenvalue weighted by atomic mass is 10.0. The predicted octanol–water partition coefficient (Wildman–Crippen LogP) is 3.92. The molecule has 9 heteroatoms. The minimum atomic E-state index is -0.162. The summed E-state index contributed by atoms with van der Waals surface area (Å²) < 4.78 is 1.87. The van der Waals surface area contributed by atoms with Gasteiger partial charge in [0.2, 0.25) is 0 Å². The molecule has 4 heterocycles. The van der Waals surface area contributed by atoms with Crippen molar-refractivity contribution in [2.75, 3.05) is 20.1 Å². The molecule has 1 atom stereocenters. The Balaban J connectivity index is 1.20. The minimum Gasteiger partial charge on any atom is -0.357 e. The third-order valence-electron chi connectivity index (χ3n) is 6.27. The molecule has 1 aromatic carbocycles. The number of halogens is 1. The summed E-state index contributed by atoms with van der Waals surface area (Å²) in [5.74, 6) is -0.0317. The van der Waals surface area contributed by atoms with Crippen LogP contribution in [-0.2, 0) is 6.54 Å². The van der Waals surface area contributed by atoms with E-state index in [0.29, 0.717) is 30.2 Å². The van der Waals surface area contributed by atoms with Crippen molar-refractivity contribution in [1.29, 1.82) is 0 Å². The third-order valence-corrected chi connectivity index (χ3v) is 6.50. The molecular formula is C24H25ClN6O2. The predicted molar refractivity (Wildman–Crippen MR) is 127 cm³/mol. The highest BCUT2D eigenvalue weighted by Crippen LogP contribution is 2.21. The van der Waals surface area contributed by atoms with Crippen LogP contribution in [0.4, 0.5) is 4.79 Å². The maximum atomic E-state index is 13.1. The van der Waals surface area contributed by atoms with E-state index >= 15 is 0 Å². The molecule has 170 valence electrons. The highest BCUT2D eigenvalue weighted by Gasteiger charge is 2.29. The molecule has 8 nitrogen and oxygen atoms in total. The Kier molecular flexibility index (Phi) is 5.68. The molecule has 1 saturated heterocycles. The Bertz CT molecular complexity index is 1330. The first-order valence-corrected chi connectivity index (χ1v) is 11.4. The van der Waals surface area contributed by atoms with E-state index in [1.165, 1.54) is 0 Å². The van der Waals surface area contributed by atoms with E-state index < -0.39 is 0 Å². The highest BCUT2D eigenvalue weighted by atomic mass is 35.5. The summed E-state index contributed by atoms with van der Waals surface area (Å²) in [4.78, 5) is 37.0. The van der Waals surface area contributed by atoms with Crippen LogP contribution in [0.1, 0.15) is 28.9 Å². The monoisotopic (exact) mass is 464 g/mol. The highest BCUT2D eigenvalue weighted by molar-refractivity contribution is 6.31. The van der Waals surface area contributed by atoms with Crippen LogP contribution in [0.15, 0.2) is 55.0 Å². The summed E-state index contributed by atoms with van der Waals surface area (Å²) >= 11 is 6.05. The lowest BCUT2D eigenvalue weighted by Gasteiger charge is -2.37. The van der Waals surface area contributed by atoms with Gasteiger partial charge >= 0.3 is 6.03 Å². The standard InChI is InChI=1S/C24H25ClN6O2/c1-29(24(33)27-14-19-12-17-11-18(25)4-5-21(17)28-19)20-3-2-8-31(15-20)23(32)16-6-9-30-10-7-26-22(30)13-16/h4-7,9-13,20,28H,2-3,8,14-15H2,1H3,(H,27,33). The molecule has 5 rings (SSSR count). The van der Waals surface area contributed by atoms with Gasteiger partial charge in [0.15, 0.2) is 0 Å². The summed E-state index contributed by atoms with van der Waals surface area (Å²) in [7, 11) is 1.79. The van der Waals surface area contributed by atoms with E-state index in [1.807, 2.05) is 52.0 Å². The molecule has 1 fully saturated rings. The van der Waals surface area contributed by atoms with Crippen molar-refractivity contribution in [2.45, 2.75) is 25.4 Å². The van der Waals surface area contributed by atoms with Crippen LogP contribution in [0.2, 0.25) is 5.02 Å². The number of pyridine rings is 1. The van der Waals surface area contributed by atoms with Crippen LogP contribution < -0.4 is 5.32 Å². The van der Waals surface area contributed by atoms with Crippen molar-refractivity contribution in [1.82, 2.24) is 29.5 Å². The number of rotatable bonds is 4. The van der Waals surface area contributed by atoms with Crippen molar-refractivity contribution >= 4 is 40.1 Å². The number of nitrogens with zero attached hydrogens (tertiary/aromatic N) is 4. The van der Waals surface area contributed by atoms with E-state index in [4.69, 9.17) is 11.6 Å². The number of amides is 3. The summed E-state index contributed by atoms with van der Waals surface area (Å²) in [6.45, 7) is 1.57. The number of carbonyl (C=O) groups excluding carboxylic acids is 2. The zero-order valence-corrected chi connectivity index (χ0v) is 19.0. The normalized spacial score (nSPS) is 16.3. The molecule has 0 aliphatic carbocycles. The number of carbonyl (C=O) groups is 2. The second-order valence-electron chi connectivity index (χ2n) is 8.45. The SMILES string of the molecule is CN(C(=O)NCc1cc2cc(Cl)ccc2[nH]1)C1CCCN(C(=O)c2ccn3ccnc3c2)C1. The molecule has 0 bridgehead atoms. The van der Waals surface area contributed by atoms with Gasteiger partial charge in [0.1, 0.15) is 5.65 Å². The summed E-state index contributed by atoms with van der Waals surface area (Å²) in [6, 6.07) is 11.0. The number of likely N-dealkylation sites (N-methyl/N-ethyl adjacent to an activating group) is 1. The van der Waals surface area contributed by atoms with Crippen LogP contribution >= 0.6 is 11.6 Å². The van der Waals surface area contributed by atoms with Crippen molar-refractivity contribution in [2.24, 2.45) is 0 Å². The molecule has 1 unspecified atom stereocenters. The summed E-state index contributed by atoms with van der Waals surface area (Å²) in [6.07, 6.45) is 7.10. The van der Waals surface area contributed by atoms with Crippen LogP contribution in [0.25, 0.3) is 16.6 Å². The van der Waals surface area contributed by atoms with E-state index in [9.17, 15) is 9.59 Å². The first kappa shape index (κ1) is 21.3.